The van der Waals surface area contributed by atoms with Crippen molar-refractivity contribution in [2.24, 2.45) is 11.7 Å². The Morgan fingerprint density at radius 1 is 1.29 bits per heavy atom. The predicted octanol–water partition coefficient (Wildman–Crippen LogP) is 3.67. The first-order valence-electron chi connectivity index (χ1n) is 7.99. The number of carbonyl (C=O) groups excluding carboxylic acids is 1. The van der Waals surface area contributed by atoms with Gasteiger partial charge in [0.15, 0.2) is 0 Å². The molecule has 24 heavy (non-hydrogen) atoms. The molecule has 1 amide bonds. The van der Waals surface area contributed by atoms with Gasteiger partial charge in [-0.05, 0) is 36.8 Å². The Labute approximate surface area is 155 Å². The third-order valence-electron chi connectivity index (χ3n) is 4.30. The smallest absolute Gasteiger partial charge is 0.252 e. The summed E-state index contributed by atoms with van der Waals surface area (Å²) in [5.74, 6) is 0.808. The molecule has 1 aliphatic rings. The number of aromatic nitrogens is 1. The summed E-state index contributed by atoms with van der Waals surface area (Å²) in [6, 6.07) is 9.76. The van der Waals surface area contributed by atoms with Crippen LogP contribution in [-0.4, -0.2) is 23.5 Å². The van der Waals surface area contributed by atoms with E-state index in [-0.39, 0.29) is 42.7 Å². The van der Waals surface area contributed by atoms with Crippen molar-refractivity contribution in [2.75, 3.05) is 6.54 Å². The van der Waals surface area contributed by atoms with Gasteiger partial charge in [0.2, 0.25) is 0 Å². The lowest BCUT2D eigenvalue weighted by atomic mass is 10.0. The lowest BCUT2D eigenvalue weighted by Crippen LogP contribution is -2.38. The van der Waals surface area contributed by atoms with Gasteiger partial charge >= 0.3 is 0 Å². The minimum atomic E-state index is -0.0587. The number of benzene rings is 1. The Morgan fingerprint density at radius 2 is 1.96 bits per heavy atom. The maximum atomic E-state index is 12.6. The Kier molecular flexibility index (Phi) is 7.46. The first-order valence-corrected chi connectivity index (χ1v) is 7.99. The van der Waals surface area contributed by atoms with Gasteiger partial charge in [0.1, 0.15) is 0 Å². The zero-order valence-corrected chi connectivity index (χ0v) is 15.6. The van der Waals surface area contributed by atoms with Crippen molar-refractivity contribution in [3.63, 3.8) is 0 Å². The minimum Gasteiger partial charge on any atom is -0.350 e. The number of halogens is 2. The van der Waals surface area contributed by atoms with Gasteiger partial charge in [-0.2, -0.15) is 0 Å². The SMILES string of the molecule is CC(C)c1cc(C(=O)NCC(N)C2CC2)c2ccccc2n1.Cl.Cl. The topological polar surface area (TPSA) is 68.0 Å². The van der Waals surface area contributed by atoms with E-state index in [1.807, 2.05) is 30.3 Å². The lowest BCUT2D eigenvalue weighted by molar-refractivity contribution is 0.0952. The van der Waals surface area contributed by atoms with Crippen LogP contribution in [0.1, 0.15) is 48.7 Å². The molecule has 0 saturated heterocycles. The number of rotatable bonds is 5. The van der Waals surface area contributed by atoms with E-state index in [1.54, 1.807) is 0 Å². The first kappa shape index (κ1) is 20.7. The molecular weight excluding hydrogens is 345 g/mol. The van der Waals surface area contributed by atoms with E-state index in [4.69, 9.17) is 5.73 Å². The molecule has 1 aromatic carbocycles. The van der Waals surface area contributed by atoms with Crippen LogP contribution in [0.15, 0.2) is 30.3 Å². The fourth-order valence-electron chi connectivity index (χ4n) is 2.68. The molecule has 6 heteroatoms. The highest BCUT2D eigenvalue weighted by atomic mass is 35.5. The summed E-state index contributed by atoms with van der Waals surface area (Å²) in [5.41, 5.74) is 8.57. The van der Waals surface area contributed by atoms with Crippen molar-refractivity contribution in [1.82, 2.24) is 10.3 Å². The van der Waals surface area contributed by atoms with Crippen LogP contribution in [-0.2, 0) is 0 Å². The van der Waals surface area contributed by atoms with Gasteiger partial charge in [-0.25, -0.2) is 0 Å². The number of hydrogen-bond donors (Lipinski definition) is 2. The van der Waals surface area contributed by atoms with E-state index in [2.05, 4.69) is 24.1 Å². The number of carbonyl (C=O) groups is 1. The predicted molar refractivity (Wildman–Crippen MR) is 103 cm³/mol. The Bertz CT molecular complexity index is 702. The van der Waals surface area contributed by atoms with Crippen LogP contribution in [0.25, 0.3) is 10.9 Å². The average Bonchev–Trinajstić information content (AvgIpc) is 3.36. The third kappa shape index (κ3) is 4.59. The number of pyridine rings is 1. The second-order valence-corrected chi connectivity index (χ2v) is 6.48. The van der Waals surface area contributed by atoms with Crippen LogP contribution >= 0.6 is 24.8 Å². The van der Waals surface area contributed by atoms with Crippen LogP contribution in [0.5, 0.6) is 0 Å². The molecule has 1 atom stereocenters. The highest BCUT2D eigenvalue weighted by Crippen LogP contribution is 2.31. The third-order valence-corrected chi connectivity index (χ3v) is 4.30. The fourth-order valence-corrected chi connectivity index (χ4v) is 2.68. The van der Waals surface area contributed by atoms with E-state index in [0.717, 1.165) is 16.6 Å². The Balaban J connectivity index is 0.00000144. The number of hydrogen-bond acceptors (Lipinski definition) is 3. The Morgan fingerprint density at radius 3 is 2.58 bits per heavy atom. The monoisotopic (exact) mass is 369 g/mol. The molecule has 1 heterocycles. The van der Waals surface area contributed by atoms with Crippen LogP contribution in [0.3, 0.4) is 0 Å². The molecule has 4 nitrogen and oxygen atoms in total. The van der Waals surface area contributed by atoms with Gasteiger partial charge < -0.3 is 11.1 Å². The summed E-state index contributed by atoms with van der Waals surface area (Å²) >= 11 is 0. The molecule has 132 valence electrons. The molecule has 0 aliphatic heterocycles. The van der Waals surface area contributed by atoms with Gasteiger partial charge in [0.05, 0.1) is 11.1 Å². The van der Waals surface area contributed by atoms with Crippen molar-refractivity contribution >= 4 is 41.6 Å². The number of para-hydroxylation sites is 1. The second-order valence-electron chi connectivity index (χ2n) is 6.48. The van der Waals surface area contributed by atoms with Crippen LogP contribution in [0, 0.1) is 5.92 Å². The van der Waals surface area contributed by atoms with E-state index in [0.29, 0.717) is 18.0 Å². The van der Waals surface area contributed by atoms with Crippen molar-refractivity contribution < 1.29 is 4.79 Å². The molecule has 2 aromatic rings. The summed E-state index contributed by atoms with van der Waals surface area (Å²) in [6.07, 6.45) is 2.37. The molecule has 0 bridgehead atoms. The highest BCUT2D eigenvalue weighted by Gasteiger charge is 2.28. The van der Waals surface area contributed by atoms with Gasteiger partial charge in [0, 0.05) is 23.7 Å². The van der Waals surface area contributed by atoms with E-state index in [9.17, 15) is 4.79 Å². The van der Waals surface area contributed by atoms with Gasteiger partial charge in [-0.1, -0.05) is 32.0 Å². The molecule has 3 rings (SSSR count). The molecule has 1 unspecified atom stereocenters. The number of nitrogens with two attached hydrogens (primary N) is 1. The highest BCUT2D eigenvalue weighted by molar-refractivity contribution is 6.06. The van der Waals surface area contributed by atoms with E-state index < -0.39 is 0 Å². The minimum absolute atomic E-state index is 0. The summed E-state index contributed by atoms with van der Waals surface area (Å²) in [5, 5.41) is 3.88. The standard InChI is InChI=1S/C18H23N3O.2ClH/c1-11(2)17-9-14(13-5-3-4-6-16(13)21-17)18(22)20-10-15(19)12-7-8-12;;/h3-6,9,11-12,15H,7-8,10,19H2,1-2H3,(H,20,22);2*1H. The number of fused-ring (bicyclic) bond motifs is 1. The van der Waals surface area contributed by atoms with E-state index in [1.165, 1.54) is 12.8 Å². The van der Waals surface area contributed by atoms with Crippen LogP contribution < -0.4 is 11.1 Å². The zero-order valence-electron chi connectivity index (χ0n) is 14.0. The number of nitrogens with one attached hydrogen (secondary N) is 1. The van der Waals surface area contributed by atoms with Gasteiger partial charge in [-0.15, -0.1) is 24.8 Å². The van der Waals surface area contributed by atoms with Crippen molar-refractivity contribution in [1.29, 1.82) is 0 Å². The zero-order chi connectivity index (χ0) is 15.7. The second kappa shape index (κ2) is 8.65. The normalized spacial score (nSPS) is 14.7. The molecular formula is C18H25Cl2N3O. The van der Waals surface area contributed by atoms with Crippen LogP contribution in [0.2, 0.25) is 0 Å². The molecule has 0 spiro atoms. The summed E-state index contributed by atoms with van der Waals surface area (Å²) in [7, 11) is 0. The Hall–Kier alpha value is -1.36. The van der Waals surface area contributed by atoms with Gasteiger partial charge in [-0.3, -0.25) is 9.78 Å². The van der Waals surface area contributed by atoms with Crippen molar-refractivity contribution in [3.8, 4) is 0 Å². The maximum Gasteiger partial charge on any atom is 0.252 e. The lowest BCUT2D eigenvalue weighted by Gasteiger charge is -2.14. The van der Waals surface area contributed by atoms with Crippen molar-refractivity contribution in [3.05, 3.63) is 41.6 Å². The molecule has 1 aromatic heterocycles. The fraction of sp³-hybridized carbons (Fsp3) is 0.444. The molecule has 1 aliphatic carbocycles. The van der Waals surface area contributed by atoms with E-state index >= 15 is 0 Å². The first-order chi connectivity index (χ1) is 10.6. The molecule has 1 fully saturated rings. The largest absolute Gasteiger partial charge is 0.350 e. The molecule has 1 saturated carbocycles. The van der Waals surface area contributed by atoms with Crippen LogP contribution in [0.4, 0.5) is 0 Å². The summed E-state index contributed by atoms with van der Waals surface area (Å²) in [6.45, 7) is 4.71. The number of nitrogens with zero attached hydrogens (tertiary/aromatic N) is 1. The maximum absolute atomic E-state index is 12.6. The average molecular weight is 370 g/mol. The summed E-state index contributed by atoms with van der Waals surface area (Å²) < 4.78 is 0. The number of amides is 1. The summed E-state index contributed by atoms with van der Waals surface area (Å²) in [4.78, 5) is 17.2. The quantitative estimate of drug-likeness (QED) is 0.844. The van der Waals surface area contributed by atoms with Crippen molar-refractivity contribution in [2.45, 2.75) is 38.6 Å². The molecule has 0 radical (unpaired) electrons. The van der Waals surface area contributed by atoms with Gasteiger partial charge in [0.25, 0.3) is 5.91 Å². The molecule has 3 N–H and O–H groups in total.